The van der Waals surface area contributed by atoms with E-state index < -0.39 is 0 Å². The number of carbonyl (C=O) groups is 2. The van der Waals surface area contributed by atoms with Crippen LogP contribution in [0.2, 0.25) is 15.1 Å². The van der Waals surface area contributed by atoms with Crippen LogP contribution in [0.1, 0.15) is 12.0 Å². The Morgan fingerprint density at radius 1 is 0.921 bits per heavy atom. The fourth-order valence-corrected chi connectivity index (χ4v) is 5.53. The topological polar surface area (TPSA) is 65.1 Å². The first-order valence-corrected chi connectivity index (χ1v) is 13.9. The molecular formula is C28H33Cl3N4O3. The summed E-state index contributed by atoms with van der Waals surface area (Å²) in [5.74, 6) is 0.632. The van der Waals surface area contributed by atoms with E-state index in [1.54, 1.807) is 36.3 Å². The quantitative estimate of drug-likeness (QED) is 0.470. The van der Waals surface area contributed by atoms with Gasteiger partial charge >= 0.3 is 0 Å². The number of methoxy groups -OCH3 is 1. The molecule has 2 saturated heterocycles. The number of hydrogen-bond donors (Lipinski definition) is 1. The highest BCUT2D eigenvalue weighted by atomic mass is 35.5. The van der Waals surface area contributed by atoms with Gasteiger partial charge in [-0.3, -0.25) is 14.5 Å². The Bertz CT molecular complexity index is 1190. The Morgan fingerprint density at radius 3 is 2.26 bits per heavy atom. The van der Waals surface area contributed by atoms with E-state index in [-0.39, 0.29) is 11.8 Å². The van der Waals surface area contributed by atoms with Gasteiger partial charge in [-0.2, -0.15) is 0 Å². The first kappa shape index (κ1) is 28.7. The lowest BCUT2D eigenvalue weighted by molar-refractivity contribution is -0.137. The third-order valence-electron chi connectivity index (χ3n) is 7.04. The van der Waals surface area contributed by atoms with Gasteiger partial charge in [0.25, 0.3) is 5.91 Å². The van der Waals surface area contributed by atoms with Gasteiger partial charge in [-0.25, -0.2) is 0 Å². The number of benzene rings is 2. The van der Waals surface area contributed by atoms with Gasteiger partial charge in [0.1, 0.15) is 5.75 Å². The lowest BCUT2D eigenvalue weighted by Crippen LogP contribution is -2.52. The molecule has 0 saturated carbocycles. The van der Waals surface area contributed by atoms with Crippen LogP contribution >= 0.6 is 34.8 Å². The lowest BCUT2D eigenvalue weighted by Gasteiger charge is -2.36. The van der Waals surface area contributed by atoms with Crippen molar-refractivity contribution < 1.29 is 14.3 Å². The summed E-state index contributed by atoms with van der Waals surface area (Å²) in [4.78, 5) is 31.8. The second-order valence-electron chi connectivity index (χ2n) is 9.57. The first-order valence-electron chi connectivity index (χ1n) is 12.8. The normalized spacial score (nSPS) is 16.4. The van der Waals surface area contributed by atoms with Crippen molar-refractivity contribution in [3.8, 4) is 16.9 Å². The summed E-state index contributed by atoms with van der Waals surface area (Å²) in [6.45, 7) is 10.3. The monoisotopic (exact) mass is 578 g/mol. The number of ether oxygens (including phenoxy) is 1. The molecule has 2 aromatic carbocycles. The predicted molar refractivity (Wildman–Crippen MR) is 153 cm³/mol. The number of nitrogens with zero attached hydrogens (tertiary/aromatic N) is 3. The van der Waals surface area contributed by atoms with E-state index in [4.69, 9.17) is 39.5 Å². The maximum absolute atomic E-state index is 13.1. The molecular weight excluding hydrogens is 547 g/mol. The molecule has 0 aromatic heterocycles. The van der Waals surface area contributed by atoms with Gasteiger partial charge < -0.3 is 19.9 Å². The van der Waals surface area contributed by atoms with E-state index in [9.17, 15) is 9.59 Å². The molecule has 1 N–H and O–H groups in total. The van der Waals surface area contributed by atoms with Crippen LogP contribution < -0.4 is 10.1 Å². The molecule has 204 valence electrons. The van der Waals surface area contributed by atoms with Crippen LogP contribution in [0, 0.1) is 0 Å². The van der Waals surface area contributed by atoms with Crippen LogP contribution in [0.3, 0.4) is 0 Å². The van der Waals surface area contributed by atoms with Gasteiger partial charge in [-0.15, -0.1) is 0 Å². The van der Waals surface area contributed by atoms with Crippen LogP contribution in [0.15, 0.2) is 42.5 Å². The molecule has 2 heterocycles. The second-order valence-corrected chi connectivity index (χ2v) is 10.8. The Morgan fingerprint density at radius 2 is 1.58 bits per heavy atom. The molecule has 0 unspecified atom stereocenters. The van der Waals surface area contributed by atoms with Crippen molar-refractivity contribution in [2.24, 2.45) is 0 Å². The molecule has 2 aliphatic rings. The molecule has 0 radical (unpaired) electrons. The van der Waals surface area contributed by atoms with E-state index >= 15 is 0 Å². The number of rotatable bonds is 8. The van der Waals surface area contributed by atoms with Gasteiger partial charge in [0.2, 0.25) is 5.91 Å². The predicted octanol–water partition coefficient (Wildman–Crippen LogP) is 4.39. The summed E-state index contributed by atoms with van der Waals surface area (Å²) >= 11 is 19.1. The molecule has 2 amide bonds. The van der Waals surface area contributed by atoms with Crippen molar-refractivity contribution in [3.63, 3.8) is 0 Å². The number of hydrogen-bond acceptors (Lipinski definition) is 5. The summed E-state index contributed by atoms with van der Waals surface area (Å²) < 4.78 is 5.54. The highest BCUT2D eigenvalue weighted by molar-refractivity contribution is 6.37. The number of halogens is 3. The minimum Gasteiger partial charge on any atom is -0.496 e. The van der Waals surface area contributed by atoms with Crippen molar-refractivity contribution >= 4 is 46.6 Å². The lowest BCUT2D eigenvalue weighted by atomic mass is 9.99. The zero-order valence-corrected chi connectivity index (χ0v) is 23.8. The maximum Gasteiger partial charge on any atom is 0.250 e. The van der Waals surface area contributed by atoms with Crippen molar-refractivity contribution in [2.45, 2.75) is 12.8 Å². The van der Waals surface area contributed by atoms with Gasteiger partial charge in [0.05, 0.1) is 12.1 Å². The smallest absolute Gasteiger partial charge is 0.250 e. The van der Waals surface area contributed by atoms with E-state index in [0.29, 0.717) is 72.0 Å². The average molecular weight is 580 g/mol. The molecule has 0 aliphatic carbocycles. The minimum absolute atomic E-state index is 0.0197. The Labute approximate surface area is 239 Å². The number of amides is 2. The fourth-order valence-electron chi connectivity index (χ4n) is 4.88. The molecule has 0 atom stereocenters. The number of nitrogens with one attached hydrogen (secondary N) is 1. The maximum atomic E-state index is 13.1. The second kappa shape index (κ2) is 13.2. The third-order valence-corrected chi connectivity index (χ3v) is 7.92. The summed E-state index contributed by atoms with van der Waals surface area (Å²) in [5, 5.41) is 4.89. The molecule has 2 aliphatic heterocycles. The molecule has 0 bridgehead atoms. The van der Waals surface area contributed by atoms with Crippen molar-refractivity contribution in [1.82, 2.24) is 20.0 Å². The number of aryl methyl sites for hydroxylation is 1. The van der Waals surface area contributed by atoms with Crippen LogP contribution in [0.4, 0.5) is 0 Å². The van der Waals surface area contributed by atoms with Gasteiger partial charge in [0.15, 0.2) is 0 Å². The zero-order valence-electron chi connectivity index (χ0n) is 21.6. The van der Waals surface area contributed by atoms with Crippen molar-refractivity contribution in [3.05, 3.63) is 63.1 Å². The third kappa shape index (κ3) is 7.01. The van der Waals surface area contributed by atoms with Gasteiger partial charge in [0, 0.05) is 92.1 Å². The highest BCUT2D eigenvalue weighted by Gasteiger charge is 2.26. The summed E-state index contributed by atoms with van der Waals surface area (Å²) in [7, 11) is 1.58. The van der Waals surface area contributed by atoms with E-state index in [0.717, 1.165) is 42.9 Å². The molecule has 2 fully saturated rings. The Hall–Kier alpha value is -2.29. The SMILES string of the molecule is C=C(CN1CCNCC1)C(=O)N1CCN(C(=O)CCc2cc(-c3cc(Cl)ccc3Cl)c(Cl)cc2OC)CC1. The van der Waals surface area contributed by atoms with Crippen LogP contribution in [0.25, 0.3) is 11.1 Å². The molecule has 10 heteroatoms. The van der Waals surface area contributed by atoms with E-state index in [1.807, 2.05) is 11.0 Å². The Balaban J connectivity index is 1.34. The summed E-state index contributed by atoms with van der Waals surface area (Å²) in [5.41, 5.74) is 2.92. The summed E-state index contributed by atoms with van der Waals surface area (Å²) in [6.07, 6.45) is 0.787. The standard InChI is InChI=1S/C28H33Cl3N4O3/c1-19(18-33-9-7-32-8-10-33)28(37)35-13-11-34(12-14-35)27(36)6-3-20-15-22(25(31)17-26(20)38-2)23-16-21(29)4-5-24(23)30/h4-5,15-17,32H,1,3,6-14,18H2,2H3. The molecule has 0 spiro atoms. The van der Waals surface area contributed by atoms with Crippen LogP contribution in [0.5, 0.6) is 5.75 Å². The molecule has 2 aromatic rings. The highest BCUT2D eigenvalue weighted by Crippen LogP contribution is 2.39. The van der Waals surface area contributed by atoms with Crippen LogP contribution in [-0.2, 0) is 16.0 Å². The van der Waals surface area contributed by atoms with Gasteiger partial charge in [-0.05, 0) is 42.3 Å². The van der Waals surface area contributed by atoms with Crippen LogP contribution in [-0.4, -0.2) is 92.5 Å². The summed E-state index contributed by atoms with van der Waals surface area (Å²) in [6, 6.07) is 8.87. The van der Waals surface area contributed by atoms with E-state index in [1.165, 1.54) is 0 Å². The molecule has 38 heavy (non-hydrogen) atoms. The van der Waals surface area contributed by atoms with Crippen molar-refractivity contribution in [1.29, 1.82) is 0 Å². The average Bonchev–Trinajstić information content (AvgIpc) is 2.93. The number of carbonyl (C=O) groups excluding carboxylic acids is 2. The van der Waals surface area contributed by atoms with E-state index in [2.05, 4.69) is 16.8 Å². The molecule has 4 rings (SSSR count). The fraction of sp³-hybridized carbons (Fsp3) is 0.429. The largest absolute Gasteiger partial charge is 0.496 e. The van der Waals surface area contributed by atoms with Gasteiger partial charge in [-0.1, -0.05) is 41.4 Å². The van der Waals surface area contributed by atoms with Crippen molar-refractivity contribution in [2.75, 3.05) is 66.0 Å². The number of piperazine rings is 2. The minimum atomic E-state index is -0.0197. The zero-order chi connectivity index (χ0) is 27.2. The molecule has 7 nitrogen and oxygen atoms in total. The Kier molecular flexibility index (Phi) is 9.96. The first-order chi connectivity index (χ1) is 18.3.